The minimum absolute atomic E-state index is 0.467. The fourth-order valence-corrected chi connectivity index (χ4v) is 1.62. The van der Waals surface area contributed by atoms with Gasteiger partial charge in [0.05, 0.1) is 0 Å². The fourth-order valence-electron chi connectivity index (χ4n) is 1.62. The van der Waals surface area contributed by atoms with E-state index in [9.17, 15) is 0 Å². The van der Waals surface area contributed by atoms with Crippen LogP contribution in [0.5, 0.6) is 0 Å². The molecule has 0 spiro atoms. The number of hydrogen-bond donors (Lipinski definition) is 1. The Hall–Kier alpha value is -0.940. The van der Waals surface area contributed by atoms with Crippen LogP contribution in [0.15, 0.2) is 4.42 Å². The third-order valence-corrected chi connectivity index (χ3v) is 3.22. The number of nitrogens with zero attached hydrogens (tertiary/aromatic N) is 2. The molecule has 0 aliphatic rings. The summed E-state index contributed by atoms with van der Waals surface area (Å²) in [5.41, 5.74) is -0.467. The van der Waals surface area contributed by atoms with Gasteiger partial charge in [-0.15, -0.1) is 10.2 Å². The largest absolute Gasteiger partial charge is 0.422 e. The van der Waals surface area contributed by atoms with Gasteiger partial charge >= 0.3 is 0 Å². The summed E-state index contributed by atoms with van der Waals surface area (Å²) in [5.74, 6) is 1.27. The summed E-state index contributed by atoms with van der Waals surface area (Å²) < 4.78 is 11.1. The van der Waals surface area contributed by atoms with E-state index in [1.165, 1.54) is 0 Å². The van der Waals surface area contributed by atoms with Gasteiger partial charge in [-0.1, -0.05) is 13.8 Å². The second kappa shape index (κ2) is 7.48. The van der Waals surface area contributed by atoms with Crippen molar-refractivity contribution in [1.29, 1.82) is 0 Å². The predicted molar refractivity (Wildman–Crippen MR) is 70.4 cm³/mol. The smallest absolute Gasteiger partial charge is 0.247 e. The molecule has 1 atom stereocenters. The topological polar surface area (TPSA) is 60.2 Å². The SMILES string of the molecule is CCCNCCCc1nnc(C(C)(CC)OC)o1. The maximum atomic E-state index is 5.66. The van der Waals surface area contributed by atoms with Crippen molar-refractivity contribution in [3.8, 4) is 0 Å². The second-order valence-electron chi connectivity index (χ2n) is 4.64. The summed E-state index contributed by atoms with van der Waals surface area (Å²) in [6.07, 6.45) is 3.79. The van der Waals surface area contributed by atoms with Crippen LogP contribution in [0.2, 0.25) is 0 Å². The molecule has 0 saturated heterocycles. The van der Waals surface area contributed by atoms with Gasteiger partial charge in [0, 0.05) is 13.5 Å². The van der Waals surface area contributed by atoms with Crippen molar-refractivity contribution in [2.45, 2.75) is 52.1 Å². The highest BCUT2D eigenvalue weighted by Gasteiger charge is 2.30. The van der Waals surface area contributed by atoms with Gasteiger partial charge in [0.15, 0.2) is 0 Å². The normalized spacial score (nSPS) is 14.7. The third kappa shape index (κ3) is 4.07. The van der Waals surface area contributed by atoms with Crippen LogP contribution >= 0.6 is 0 Å². The highest BCUT2D eigenvalue weighted by Crippen LogP contribution is 2.26. The Bertz CT molecular complexity index is 335. The first-order chi connectivity index (χ1) is 8.66. The lowest BCUT2D eigenvalue weighted by molar-refractivity contribution is -0.0242. The highest BCUT2D eigenvalue weighted by molar-refractivity contribution is 4.95. The van der Waals surface area contributed by atoms with Crippen LogP contribution in [-0.4, -0.2) is 30.4 Å². The molecule has 1 unspecified atom stereocenters. The first kappa shape index (κ1) is 15.1. The molecule has 5 heteroatoms. The first-order valence-electron chi connectivity index (χ1n) is 6.75. The summed E-state index contributed by atoms with van der Waals surface area (Å²) in [4.78, 5) is 0. The van der Waals surface area contributed by atoms with Gasteiger partial charge in [0.1, 0.15) is 5.60 Å². The van der Waals surface area contributed by atoms with Crippen molar-refractivity contribution in [3.63, 3.8) is 0 Å². The van der Waals surface area contributed by atoms with Gasteiger partial charge in [0.25, 0.3) is 0 Å². The number of methoxy groups -OCH3 is 1. The van der Waals surface area contributed by atoms with E-state index in [0.717, 1.165) is 38.8 Å². The molecule has 104 valence electrons. The van der Waals surface area contributed by atoms with Crippen molar-refractivity contribution in [2.75, 3.05) is 20.2 Å². The van der Waals surface area contributed by atoms with Crippen molar-refractivity contribution in [2.24, 2.45) is 0 Å². The van der Waals surface area contributed by atoms with Crippen LogP contribution in [0.1, 0.15) is 51.8 Å². The zero-order valence-corrected chi connectivity index (χ0v) is 12.0. The fraction of sp³-hybridized carbons (Fsp3) is 0.846. The lowest BCUT2D eigenvalue weighted by atomic mass is 10.0. The number of ether oxygens (including phenoxy) is 1. The Kier molecular flexibility index (Phi) is 6.29. The lowest BCUT2D eigenvalue weighted by Gasteiger charge is -2.21. The molecular formula is C13H25N3O2. The van der Waals surface area contributed by atoms with Gasteiger partial charge in [-0.25, -0.2) is 0 Å². The van der Waals surface area contributed by atoms with E-state index in [0.29, 0.717) is 11.8 Å². The van der Waals surface area contributed by atoms with E-state index < -0.39 is 5.60 Å². The van der Waals surface area contributed by atoms with E-state index in [4.69, 9.17) is 9.15 Å². The molecule has 0 saturated carbocycles. The Balaban J connectivity index is 2.43. The number of aromatic nitrogens is 2. The van der Waals surface area contributed by atoms with E-state index in [1.807, 2.05) is 13.8 Å². The van der Waals surface area contributed by atoms with E-state index in [-0.39, 0.29) is 0 Å². The molecule has 0 fully saturated rings. The van der Waals surface area contributed by atoms with Crippen LogP contribution in [0, 0.1) is 0 Å². The molecule has 0 aliphatic carbocycles. The summed E-state index contributed by atoms with van der Waals surface area (Å²) >= 11 is 0. The van der Waals surface area contributed by atoms with Gasteiger partial charge in [-0.05, 0) is 39.3 Å². The molecule has 0 aliphatic heterocycles. The van der Waals surface area contributed by atoms with Crippen LogP contribution in [0.3, 0.4) is 0 Å². The molecule has 0 aromatic carbocycles. The van der Waals surface area contributed by atoms with Gasteiger partial charge < -0.3 is 14.5 Å². The molecule has 0 bridgehead atoms. The van der Waals surface area contributed by atoms with Crippen molar-refractivity contribution < 1.29 is 9.15 Å². The molecular weight excluding hydrogens is 230 g/mol. The molecule has 1 rings (SSSR count). The Labute approximate surface area is 109 Å². The summed E-state index contributed by atoms with van der Waals surface area (Å²) in [7, 11) is 1.67. The number of nitrogens with one attached hydrogen (secondary N) is 1. The van der Waals surface area contributed by atoms with Gasteiger partial charge in [-0.2, -0.15) is 0 Å². The van der Waals surface area contributed by atoms with Crippen LogP contribution in [0.25, 0.3) is 0 Å². The minimum Gasteiger partial charge on any atom is -0.422 e. The van der Waals surface area contributed by atoms with Crippen molar-refractivity contribution in [1.82, 2.24) is 15.5 Å². The maximum absolute atomic E-state index is 5.66. The molecule has 0 radical (unpaired) electrons. The first-order valence-corrected chi connectivity index (χ1v) is 6.75. The molecule has 1 aromatic rings. The molecule has 0 amide bonds. The third-order valence-electron chi connectivity index (χ3n) is 3.22. The van der Waals surface area contributed by atoms with Crippen molar-refractivity contribution in [3.05, 3.63) is 11.8 Å². The Morgan fingerprint density at radius 3 is 2.67 bits per heavy atom. The number of aryl methyl sites for hydroxylation is 1. The summed E-state index contributed by atoms with van der Waals surface area (Å²) in [5, 5.41) is 11.5. The zero-order valence-electron chi connectivity index (χ0n) is 12.0. The molecule has 1 aromatic heterocycles. The lowest BCUT2D eigenvalue weighted by Crippen LogP contribution is -2.23. The van der Waals surface area contributed by atoms with Gasteiger partial charge in [-0.3, -0.25) is 0 Å². The maximum Gasteiger partial charge on any atom is 0.247 e. The molecule has 1 N–H and O–H groups in total. The number of rotatable bonds is 9. The highest BCUT2D eigenvalue weighted by atomic mass is 16.5. The molecule has 5 nitrogen and oxygen atoms in total. The number of hydrogen-bond acceptors (Lipinski definition) is 5. The minimum atomic E-state index is -0.467. The van der Waals surface area contributed by atoms with Crippen LogP contribution < -0.4 is 5.32 Å². The molecule has 18 heavy (non-hydrogen) atoms. The van der Waals surface area contributed by atoms with E-state index in [1.54, 1.807) is 7.11 Å². The standard InChI is InChI=1S/C13H25N3O2/c1-5-9-14-10-7-8-11-15-16-12(18-11)13(3,6-2)17-4/h14H,5-10H2,1-4H3. The predicted octanol–water partition coefficient (Wildman–Crippen LogP) is 2.27. The quantitative estimate of drug-likeness (QED) is 0.686. The van der Waals surface area contributed by atoms with Crippen molar-refractivity contribution >= 4 is 0 Å². The van der Waals surface area contributed by atoms with E-state index in [2.05, 4.69) is 22.4 Å². The monoisotopic (exact) mass is 255 g/mol. The van der Waals surface area contributed by atoms with E-state index >= 15 is 0 Å². The van der Waals surface area contributed by atoms with Crippen LogP contribution in [-0.2, 0) is 16.8 Å². The van der Waals surface area contributed by atoms with Gasteiger partial charge in [0.2, 0.25) is 11.8 Å². The zero-order chi connectivity index (χ0) is 13.4. The molecule has 1 heterocycles. The second-order valence-corrected chi connectivity index (χ2v) is 4.64. The average molecular weight is 255 g/mol. The summed E-state index contributed by atoms with van der Waals surface area (Å²) in [6, 6.07) is 0. The Morgan fingerprint density at radius 1 is 1.28 bits per heavy atom. The average Bonchev–Trinajstić information content (AvgIpc) is 2.87. The Morgan fingerprint density at radius 2 is 2.06 bits per heavy atom. The summed E-state index contributed by atoms with van der Waals surface area (Å²) in [6.45, 7) is 8.22. The van der Waals surface area contributed by atoms with Crippen LogP contribution in [0.4, 0.5) is 0 Å².